The summed E-state index contributed by atoms with van der Waals surface area (Å²) < 4.78 is 55.4. The average molecular weight is 1100 g/mol. The van der Waals surface area contributed by atoms with Crippen molar-refractivity contribution in [2.24, 2.45) is 0 Å². The zero-order valence-electron chi connectivity index (χ0n) is 46.7. The Bertz CT molecular complexity index is 2950. The summed E-state index contributed by atoms with van der Waals surface area (Å²) in [7, 11) is 0. The zero-order chi connectivity index (χ0) is 56.4. The number of aryl methyl sites for hydroxylation is 3. The highest BCUT2D eigenvalue weighted by Gasteiger charge is 2.13. The molecule has 0 aliphatic heterocycles. The second kappa shape index (κ2) is 31.3. The van der Waals surface area contributed by atoms with Gasteiger partial charge in [-0.25, -0.2) is 0 Å². The van der Waals surface area contributed by atoms with Gasteiger partial charge in [-0.1, -0.05) is 72.8 Å². The maximum Gasteiger partial charge on any atom is 0.161 e. The van der Waals surface area contributed by atoms with E-state index < -0.39 is 0 Å². The maximum atomic E-state index is 6.38. The molecule has 0 saturated carbocycles. The van der Waals surface area contributed by atoms with Crippen LogP contribution in [0.15, 0.2) is 183 Å². The third kappa shape index (κ3) is 18.4. The van der Waals surface area contributed by atoms with E-state index in [9.17, 15) is 0 Å². The van der Waals surface area contributed by atoms with Gasteiger partial charge in [0.05, 0.1) is 73.8 Å². The first-order chi connectivity index (χ1) is 40.4. The van der Waals surface area contributed by atoms with Crippen molar-refractivity contribution in [2.75, 3.05) is 79.1 Å². The van der Waals surface area contributed by atoms with Crippen LogP contribution in [0.4, 0.5) is 0 Å². The van der Waals surface area contributed by atoms with E-state index in [1.165, 1.54) is 0 Å². The second-order valence-corrected chi connectivity index (χ2v) is 19.2. The van der Waals surface area contributed by atoms with Crippen LogP contribution in [0, 0.1) is 20.8 Å². The molecule has 6 aromatic heterocycles. The topological polar surface area (TPSA) is 164 Å². The minimum absolute atomic E-state index is 0.343. The fourth-order valence-electron chi connectivity index (χ4n) is 8.30. The number of aromatic nitrogens is 6. The monoisotopic (exact) mass is 1100 g/mol. The number of ether oxygens (including phenoxy) is 9. The summed E-state index contributed by atoms with van der Waals surface area (Å²) in [6.45, 7) is 12.3. The first kappa shape index (κ1) is 57.9. The minimum Gasteiger partial charge on any atom is -0.488 e. The molecule has 16 nitrogen and oxygen atoms in total. The normalized spacial score (nSPS) is 11.1. The van der Waals surface area contributed by atoms with Crippen LogP contribution in [0.5, 0.6) is 34.5 Å². The lowest BCUT2D eigenvalue weighted by Crippen LogP contribution is -2.35. The molecule has 9 rings (SSSR count). The quantitative estimate of drug-likeness (QED) is 0.0357. The number of hydrogen-bond donors (Lipinski definition) is 0. The van der Waals surface area contributed by atoms with E-state index in [-0.39, 0.29) is 0 Å². The Labute approximate surface area is 480 Å². The van der Waals surface area contributed by atoms with Gasteiger partial charge in [0.15, 0.2) is 34.5 Å². The van der Waals surface area contributed by atoms with Gasteiger partial charge < -0.3 is 42.6 Å². The van der Waals surface area contributed by atoms with Crippen LogP contribution in [-0.2, 0) is 34.0 Å². The van der Waals surface area contributed by atoms with Crippen molar-refractivity contribution in [1.29, 1.82) is 0 Å². The maximum absolute atomic E-state index is 6.38. The first-order valence-corrected chi connectivity index (χ1v) is 27.5. The van der Waals surface area contributed by atoms with E-state index in [1.54, 1.807) is 0 Å². The molecule has 0 amide bonds. The lowest BCUT2D eigenvalue weighted by atomic mass is 10.2. The van der Waals surface area contributed by atoms with Gasteiger partial charge >= 0.3 is 0 Å². The minimum atomic E-state index is 0.343. The summed E-state index contributed by atoms with van der Waals surface area (Å²) in [5, 5.41) is 0. The van der Waals surface area contributed by atoms with Crippen molar-refractivity contribution in [3.8, 4) is 68.7 Å². The Morgan fingerprint density at radius 1 is 0.268 bits per heavy atom. The molecule has 0 aliphatic carbocycles. The number of pyridine rings is 6. The highest BCUT2D eigenvalue weighted by Crippen LogP contribution is 2.29. The van der Waals surface area contributed by atoms with Crippen LogP contribution in [0.25, 0.3) is 34.2 Å². The fourth-order valence-corrected chi connectivity index (χ4v) is 8.30. The first-order valence-electron chi connectivity index (χ1n) is 27.5. The zero-order valence-corrected chi connectivity index (χ0v) is 46.7. The third-order valence-corrected chi connectivity index (χ3v) is 12.8. The lowest BCUT2D eigenvalue weighted by molar-refractivity contribution is 0.0861. The molecular weight excluding hydrogens is 1030 g/mol. The Morgan fingerprint density at radius 3 is 0.744 bits per heavy atom. The SMILES string of the molecule is Cc1ccc(-c2ccc(COCCOc3ccccc3OCCN(CCOc3ccccc3OCCOCc3ccc(-c4ccc(C)cn4)nc3)CCOc3ccccc3OCCOCc3ccc(-c4ccc(C)cn4)nc3)cn2)nc1. The van der Waals surface area contributed by atoms with Gasteiger partial charge in [0, 0.05) is 56.8 Å². The molecule has 0 spiro atoms. The molecule has 422 valence electrons. The molecule has 0 aliphatic rings. The largest absolute Gasteiger partial charge is 0.488 e. The second-order valence-electron chi connectivity index (χ2n) is 19.2. The molecule has 0 saturated heterocycles. The number of benzene rings is 3. The summed E-state index contributed by atoms with van der Waals surface area (Å²) in [6.07, 6.45) is 11.0. The van der Waals surface area contributed by atoms with Crippen molar-refractivity contribution in [3.63, 3.8) is 0 Å². The van der Waals surface area contributed by atoms with Crippen LogP contribution < -0.4 is 28.4 Å². The van der Waals surface area contributed by atoms with Gasteiger partial charge in [-0.05, 0) is 127 Å². The Hall–Kier alpha value is -8.80. The molecule has 0 bridgehead atoms. The van der Waals surface area contributed by atoms with Gasteiger partial charge in [-0.3, -0.25) is 34.8 Å². The smallest absolute Gasteiger partial charge is 0.161 e. The third-order valence-electron chi connectivity index (χ3n) is 12.8. The van der Waals surface area contributed by atoms with Gasteiger partial charge in [0.25, 0.3) is 0 Å². The van der Waals surface area contributed by atoms with E-state index in [2.05, 4.69) is 34.8 Å². The summed E-state index contributed by atoms with van der Waals surface area (Å²) in [5.74, 6) is 3.82. The van der Waals surface area contributed by atoms with Gasteiger partial charge in [0.2, 0.25) is 0 Å². The molecular formula is C66H69N7O9. The van der Waals surface area contributed by atoms with Crippen LogP contribution in [0.1, 0.15) is 33.4 Å². The molecule has 16 heteroatoms. The number of hydrogen-bond acceptors (Lipinski definition) is 16. The standard InChI is InChI=1S/C66H69N7O9/c1-49-16-22-55(67-40-49)58-25-19-52(43-70-58)46-74-34-37-80-64-13-7-4-10-61(64)77-31-28-73(29-32-78-62-11-5-8-14-65(62)81-38-35-75-47-53-20-26-59(71-44-53)56-23-17-50(2)41-68-56)30-33-79-63-12-6-9-15-66(63)82-39-36-76-48-54-21-27-60(72-45-54)57-24-18-51(3)42-69-57/h4-27,40-45H,28-39,46-48H2,1-3H3. The molecule has 0 atom stereocenters. The van der Waals surface area contributed by atoms with Crippen LogP contribution in [0.3, 0.4) is 0 Å². The van der Waals surface area contributed by atoms with E-state index in [1.807, 2.05) is 204 Å². The molecule has 9 aromatic rings. The van der Waals surface area contributed by atoms with Crippen molar-refractivity contribution in [3.05, 3.63) is 216 Å². The highest BCUT2D eigenvalue weighted by atomic mass is 16.6. The van der Waals surface area contributed by atoms with Crippen molar-refractivity contribution in [2.45, 2.75) is 40.6 Å². The van der Waals surface area contributed by atoms with E-state index in [0.29, 0.717) is 133 Å². The van der Waals surface area contributed by atoms with Crippen LogP contribution in [-0.4, -0.2) is 114 Å². The average Bonchev–Trinajstić information content (AvgIpc) is 3.51. The molecule has 0 unspecified atom stereocenters. The van der Waals surface area contributed by atoms with Crippen molar-refractivity contribution >= 4 is 0 Å². The molecule has 82 heavy (non-hydrogen) atoms. The molecule has 6 heterocycles. The Kier molecular flexibility index (Phi) is 22.1. The predicted octanol–water partition coefficient (Wildman–Crippen LogP) is 11.6. The Balaban J connectivity index is 0.739. The van der Waals surface area contributed by atoms with E-state index >= 15 is 0 Å². The highest BCUT2D eigenvalue weighted by molar-refractivity contribution is 5.56. The Morgan fingerprint density at radius 2 is 0.512 bits per heavy atom. The summed E-state index contributed by atoms with van der Waals surface area (Å²) in [6, 6.07) is 46.9. The summed E-state index contributed by atoms with van der Waals surface area (Å²) >= 11 is 0. The molecule has 3 aromatic carbocycles. The molecule has 0 N–H and O–H groups in total. The van der Waals surface area contributed by atoms with Crippen molar-refractivity contribution in [1.82, 2.24) is 34.8 Å². The van der Waals surface area contributed by atoms with E-state index in [4.69, 9.17) is 42.6 Å². The van der Waals surface area contributed by atoms with Gasteiger partial charge in [0.1, 0.15) is 39.6 Å². The number of rotatable bonds is 33. The predicted molar refractivity (Wildman–Crippen MR) is 314 cm³/mol. The number of nitrogens with zero attached hydrogens (tertiary/aromatic N) is 7. The van der Waals surface area contributed by atoms with Crippen molar-refractivity contribution < 1.29 is 42.6 Å². The summed E-state index contributed by atoms with van der Waals surface area (Å²) in [4.78, 5) is 29.4. The molecule has 0 radical (unpaired) electrons. The number of para-hydroxylation sites is 6. The fraction of sp³-hybridized carbons (Fsp3) is 0.273. The lowest BCUT2D eigenvalue weighted by Gasteiger charge is -2.23. The molecule has 0 fully saturated rings. The summed E-state index contributed by atoms with van der Waals surface area (Å²) in [5.41, 5.74) is 11.2. The van der Waals surface area contributed by atoms with Crippen LogP contribution >= 0.6 is 0 Å². The van der Waals surface area contributed by atoms with Crippen LogP contribution in [0.2, 0.25) is 0 Å². The van der Waals surface area contributed by atoms with E-state index in [0.717, 1.165) is 67.5 Å². The van der Waals surface area contributed by atoms with Gasteiger partial charge in [-0.15, -0.1) is 0 Å². The van der Waals surface area contributed by atoms with Gasteiger partial charge in [-0.2, -0.15) is 0 Å².